The minimum Gasteiger partial charge on any atom is -0.480 e. The summed E-state index contributed by atoms with van der Waals surface area (Å²) >= 11 is 1.49. The van der Waals surface area contributed by atoms with Gasteiger partial charge in [0.1, 0.15) is 11.0 Å². The highest BCUT2D eigenvalue weighted by molar-refractivity contribution is 7.17. The summed E-state index contributed by atoms with van der Waals surface area (Å²) in [7, 11) is 0. The van der Waals surface area contributed by atoms with Crippen molar-refractivity contribution in [3.8, 4) is 11.5 Å². The molecule has 2 aromatic rings. The van der Waals surface area contributed by atoms with Crippen LogP contribution < -0.4 is 5.32 Å². The topological polar surface area (TPSA) is 129 Å². The number of aliphatic carboxylic acids is 1. The standard InChI is InChI=1S/C19H22N4O5S/c24-10-7-12(18(25)26)23(8-10)19(27)21-17-14(11-3-1-2-4-13(11)29-17)16-20-15(22-28-16)9-5-6-9/h9-10,12,24H,1-8H2,(H,21,27)(H,25,26). The molecule has 2 aliphatic carbocycles. The number of fused-ring (bicyclic) bond motifs is 1. The molecule has 0 radical (unpaired) electrons. The second kappa shape index (κ2) is 7.10. The fourth-order valence-corrected chi connectivity index (χ4v) is 5.44. The number of hydrogen-bond donors (Lipinski definition) is 3. The molecule has 1 saturated heterocycles. The SMILES string of the molecule is O=C(O)C1CC(O)CN1C(=O)Nc1sc2c(c1-c1nc(C3CC3)no1)CCCC2. The summed E-state index contributed by atoms with van der Waals surface area (Å²) in [5.41, 5.74) is 1.91. The maximum Gasteiger partial charge on any atom is 0.326 e. The number of carboxylic acids is 1. The third kappa shape index (κ3) is 3.40. The Hall–Kier alpha value is -2.46. The number of carbonyl (C=O) groups is 2. The zero-order valence-corrected chi connectivity index (χ0v) is 16.6. The van der Waals surface area contributed by atoms with Gasteiger partial charge >= 0.3 is 12.0 Å². The van der Waals surface area contributed by atoms with Gasteiger partial charge in [0.2, 0.25) is 0 Å². The first kappa shape index (κ1) is 18.6. The van der Waals surface area contributed by atoms with E-state index in [1.165, 1.54) is 21.1 Å². The van der Waals surface area contributed by atoms with Crippen LogP contribution in [0.15, 0.2) is 4.52 Å². The van der Waals surface area contributed by atoms with E-state index in [0.717, 1.165) is 49.7 Å². The molecule has 154 valence electrons. The minimum atomic E-state index is -1.12. The van der Waals surface area contributed by atoms with Crippen LogP contribution in [0.25, 0.3) is 11.5 Å². The van der Waals surface area contributed by atoms with Crippen LogP contribution in [-0.4, -0.2) is 55.9 Å². The van der Waals surface area contributed by atoms with Crippen molar-refractivity contribution in [3.05, 3.63) is 16.3 Å². The van der Waals surface area contributed by atoms with Crippen molar-refractivity contribution in [3.63, 3.8) is 0 Å². The summed E-state index contributed by atoms with van der Waals surface area (Å²) in [5.74, 6) is 0.371. The molecule has 5 rings (SSSR count). The molecule has 0 spiro atoms. The van der Waals surface area contributed by atoms with Gasteiger partial charge in [-0.05, 0) is 44.1 Å². The smallest absolute Gasteiger partial charge is 0.326 e. The predicted octanol–water partition coefficient (Wildman–Crippen LogP) is 2.61. The van der Waals surface area contributed by atoms with Crippen LogP contribution in [0.3, 0.4) is 0 Å². The van der Waals surface area contributed by atoms with Gasteiger partial charge in [0.05, 0.1) is 11.7 Å². The van der Waals surface area contributed by atoms with Gasteiger partial charge in [0.15, 0.2) is 5.82 Å². The molecule has 1 aliphatic heterocycles. The van der Waals surface area contributed by atoms with Crippen LogP contribution >= 0.6 is 11.3 Å². The molecule has 2 unspecified atom stereocenters. The summed E-state index contributed by atoms with van der Waals surface area (Å²) in [6, 6.07) is -1.57. The number of aryl methyl sites for hydroxylation is 1. The number of rotatable bonds is 4. The fourth-order valence-electron chi connectivity index (χ4n) is 4.17. The summed E-state index contributed by atoms with van der Waals surface area (Å²) < 4.78 is 5.55. The van der Waals surface area contributed by atoms with E-state index in [2.05, 4.69) is 15.5 Å². The highest BCUT2D eigenvalue weighted by atomic mass is 32.1. The molecule has 3 aliphatic rings. The number of carboxylic acid groups (broad SMARTS) is 1. The Morgan fingerprint density at radius 3 is 2.79 bits per heavy atom. The first-order valence-corrected chi connectivity index (χ1v) is 10.8. The molecule has 2 atom stereocenters. The molecule has 3 heterocycles. The molecular weight excluding hydrogens is 396 g/mol. The normalized spacial score (nSPS) is 23.8. The van der Waals surface area contributed by atoms with Gasteiger partial charge in [0, 0.05) is 23.8 Å². The van der Waals surface area contributed by atoms with Crippen molar-refractivity contribution >= 4 is 28.3 Å². The van der Waals surface area contributed by atoms with Gasteiger partial charge in [-0.25, -0.2) is 9.59 Å². The second-order valence-corrected chi connectivity index (χ2v) is 9.08. The molecule has 2 amide bonds. The molecule has 3 N–H and O–H groups in total. The number of nitrogens with zero attached hydrogens (tertiary/aromatic N) is 3. The number of β-amino-alcohol motifs (C(OH)–C–C–N with tert-alkyl or cyclic N) is 1. The number of thiophene rings is 1. The quantitative estimate of drug-likeness (QED) is 0.696. The summed E-state index contributed by atoms with van der Waals surface area (Å²) in [6.45, 7) is -0.00436. The molecule has 10 heteroatoms. The Balaban J connectivity index is 1.47. The number of aromatic nitrogens is 2. The molecule has 1 saturated carbocycles. The van der Waals surface area contributed by atoms with E-state index in [0.29, 0.717) is 22.6 Å². The van der Waals surface area contributed by atoms with Gasteiger partial charge in [0.25, 0.3) is 5.89 Å². The highest BCUT2D eigenvalue weighted by Crippen LogP contribution is 2.45. The summed E-state index contributed by atoms with van der Waals surface area (Å²) in [6.07, 6.45) is 5.31. The molecule has 0 bridgehead atoms. The van der Waals surface area contributed by atoms with Crippen molar-refractivity contribution in [2.75, 3.05) is 11.9 Å². The fraction of sp³-hybridized carbons (Fsp3) is 0.579. The molecule has 9 nitrogen and oxygen atoms in total. The Bertz CT molecular complexity index is 966. The van der Waals surface area contributed by atoms with Crippen molar-refractivity contribution in [2.24, 2.45) is 0 Å². The maximum atomic E-state index is 12.9. The third-order valence-electron chi connectivity index (χ3n) is 5.81. The van der Waals surface area contributed by atoms with Crippen LogP contribution in [0.2, 0.25) is 0 Å². The molecule has 29 heavy (non-hydrogen) atoms. The van der Waals surface area contributed by atoms with Crippen molar-refractivity contribution < 1.29 is 24.3 Å². The Morgan fingerprint density at radius 1 is 1.24 bits per heavy atom. The van der Waals surface area contributed by atoms with E-state index in [4.69, 9.17) is 4.52 Å². The molecule has 2 aromatic heterocycles. The van der Waals surface area contributed by atoms with Gasteiger partial charge in [-0.2, -0.15) is 4.98 Å². The van der Waals surface area contributed by atoms with Crippen LogP contribution in [0.4, 0.5) is 9.80 Å². The maximum absolute atomic E-state index is 12.9. The Kier molecular flexibility index (Phi) is 4.54. The van der Waals surface area contributed by atoms with E-state index >= 15 is 0 Å². The van der Waals surface area contributed by atoms with Crippen molar-refractivity contribution in [1.29, 1.82) is 0 Å². The minimum absolute atomic E-state index is 0.00436. The molecular formula is C19H22N4O5S. The number of aliphatic hydroxyl groups is 1. The largest absolute Gasteiger partial charge is 0.480 e. The average Bonchev–Trinajstić information content (AvgIpc) is 3.12. The van der Waals surface area contributed by atoms with Crippen LogP contribution in [0, 0.1) is 0 Å². The lowest BCUT2D eigenvalue weighted by Crippen LogP contribution is -2.43. The number of likely N-dealkylation sites (tertiary alicyclic amines) is 1. The summed E-state index contributed by atoms with van der Waals surface area (Å²) in [5, 5.41) is 26.8. The third-order valence-corrected chi connectivity index (χ3v) is 7.02. The van der Waals surface area contributed by atoms with Gasteiger partial charge in [-0.1, -0.05) is 5.16 Å². The Morgan fingerprint density at radius 2 is 2.03 bits per heavy atom. The van der Waals surface area contributed by atoms with Gasteiger partial charge in [-0.3, -0.25) is 5.32 Å². The van der Waals surface area contributed by atoms with Crippen LogP contribution in [0.1, 0.15) is 54.3 Å². The van der Waals surface area contributed by atoms with Crippen molar-refractivity contribution in [1.82, 2.24) is 15.0 Å². The number of hydrogen-bond acceptors (Lipinski definition) is 7. The number of amides is 2. The second-order valence-electron chi connectivity index (χ2n) is 7.97. The lowest BCUT2D eigenvalue weighted by molar-refractivity contribution is -0.141. The van der Waals surface area contributed by atoms with E-state index in [-0.39, 0.29) is 13.0 Å². The number of urea groups is 1. The first-order chi connectivity index (χ1) is 14.0. The van der Waals surface area contributed by atoms with E-state index in [1.807, 2.05) is 0 Å². The van der Waals surface area contributed by atoms with Crippen molar-refractivity contribution in [2.45, 2.75) is 63.0 Å². The summed E-state index contributed by atoms with van der Waals surface area (Å²) in [4.78, 5) is 31.3. The zero-order valence-electron chi connectivity index (χ0n) is 15.8. The van der Waals surface area contributed by atoms with E-state index in [9.17, 15) is 19.8 Å². The number of aliphatic hydroxyl groups excluding tert-OH is 1. The van der Waals surface area contributed by atoms with Crippen LogP contribution in [-0.2, 0) is 17.6 Å². The average molecular weight is 418 g/mol. The lowest BCUT2D eigenvalue weighted by Gasteiger charge is -2.21. The first-order valence-electron chi connectivity index (χ1n) is 9.98. The predicted molar refractivity (Wildman–Crippen MR) is 104 cm³/mol. The van der Waals surface area contributed by atoms with Gasteiger partial charge < -0.3 is 19.6 Å². The van der Waals surface area contributed by atoms with E-state index in [1.54, 1.807) is 0 Å². The number of carbonyl (C=O) groups excluding carboxylic acids is 1. The number of anilines is 1. The molecule has 2 fully saturated rings. The zero-order chi connectivity index (χ0) is 20.1. The monoisotopic (exact) mass is 418 g/mol. The van der Waals surface area contributed by atoms with Gasteiger partial charge in [-0.15, -0.1) is 11.3 Å². The lowest BCUT2D eigenvalue weighted by atomic mass is 9.95. The number of nitrogens with one attached hydrogen (secondary N) is 1. The van der Waals surface area contributed by atoms with Crippen LogP contribution in [0.5, 0.6) is 0 Å². The van der Waals surface area contributed by atoms with E-state index < -0.39 is 24.1 Å². The molecule has 0 aromatic carbocycles. The highest BCUT2D eigenvalue weighted by Gasteiger charge is 2.40. The Labute approximate surface area is 170 Å².